The molecule has 1 aliphatic heterocycles. The number of allylic oxidation sites excluding steroid dienone is 1. The van der Waals surface area contributed by atoms with E-state index in [-0.39, 0.29) is 17.0 Å². The van der Waals surface area contributed by atoms with Crippen molar-refractivity contribution in [3.05, 3.63) is 94.8 Å². The Balaban J connectivity index is 2.10. The van der Waals surface area contributed by atoms with Crippen LogP contribution in [0.15, 0.2) is 58.9 Å². The van der Waals surface area contributed by atoms with E-state index in [1.54, 1.807) is 48.5 Å². The maximum Gasteiger partial charge on any atom is 0.274 e. The van der Waals surface area contributed by atoms with Crippen LogP contribution in [-0.2, 0) is 0 Å². The molecule has 2 aromatic carbocycles. The molecule has 8 heteroatoms. The second kappa shape index (κ2) is 7.85. The number of halogens is 2. The summed E-state index contributed by atoms with van der Waals surface area (Å²) in [5, 5.41) is 20.7. The number of thiazole rings is 1. The van der Waals surface area contributed by atoms with Gasteiger partial charge in [-0.25, -0.2) is 0 Å². The molecule has 0 fully saturated rings. The molecule has 2 heterocycles. The van der Waals surface area contributed by atoms with Gasteiger partial charge in [-0.2, -0.15) is 10.5 Å². The highest BCUT2D eigenvalue weighted by atomic mass is 35.5. The van der Waals surface area contributed by atoms with E-state index in [1.807, 2.05) is 6.07 Å². The van der Waals surface area contributed by atoms with Crippen LogP contribution >= 0.6 is 34.5 Å². The summed E-state index contributed by atoms with van der Waals surface area (Å²) in [6.45, 7) is 0. The van der Waals surface area contributed by atoms with Crippen molar-refractivity contribution in [3.63, 3.8) is 0 Å². The van der Waals surface area contributed by atoms with Crippen LogP contribution in [0.1, 0.15) is 17.0 Å². The van der Waals surface area contributed by atoms with Crippen molar-refractivity contribution in [2.24, 2.45) is 5.73 Å². The van der Waals surface area contributed by atoms with Gasteiger partial charge in [0, 0.05) is 10.0 Å². The van der Waals surface area contributed by atoms with Crippen LogP contribution in [0.5, 0.6) is 0 Å². The predicted molar refractivity (Wildman–Crippen MR) is 119 cm³/mol. The number of benzene rings is 2. The number of aromatic nitrogens is 1. The second-order valence-corrected chi connectivity index (χ2v) is 8.31. The van der Waals surface area contributed by atoms with Gasteiger partial charge in [-0.1, -0.05) is 59.6 Å². The Kier molecular flexibility index (Phi) is 5.24. The van der Waals surface area contributed by atoms with Crippen molar-refractivity contribution < 1.29 is 0 Å². The second-order valence-electron chi connectivity index (χ2n) is 6.47. The van der Waals surface area contributed by atoms with E-state index in [0.717, 1.165) is 11.3 Å². The van der Waals surface area contributed by atoms with Crippen molar-refractivity contribution >= 4 is 52.0 Å². The molecule has 5 nitrogen and oxygen atoms in total. The van der Waals surface area contributed by atoms with Gasteiger partial charge in [-0.15, -0.1) is 11.3 Å². The third-order valence-electron chi connectivity index (χ3n) is 4.80. The Hall–Kier alpha value is -3.29. The van der Waals surface area contributed by atoms with E-state index in [0.29, 0.717) is 30.4 Å². The number of rotatable bonds is 2. The maximum atomic E-state index is 13.1. The molecule has 1 aromatic heterocycles. The largest absolute Gasteiger partial charge is 0.384 e. The molecule has 146 valence electrons. The van der Waals surface area contributed by atoms with Crippen molar-refractivity contribution in [2.75, 3.05) is 0 Å². The predicted octanol–water partition coefficient (Wildman–Crippen LogP) is 3.17. The molecule has 0 bridgehead atoms. The van der Waals surface area contributed by atoms with Crippen LogP contribution in [0.4, 0.5) is 0 Å². The molecule has 4 rings (SSSR count). The van der Waals surface area contributed by atoms with Gasteiger partial charge >= 0.3 is 0 Å². The molecule has 1 aliphatic rings. The molecule has 0 unspecified atom stereocenters. The zero-order valence-corrected chi connectivity index (χ0v) is 17.6. The average Bonchev–Trinajstić information content (AvgIpc) is 3.06. The van der Waals surface area contributed by atoms with Crippen molar-refractivity contribution in [1.29, 1.82) is 10.5 Å². The summed E-state index contributed by atoms with van der Waals surface area (Å²) >= 11 is 13.7. The number of hydrogen-bond acceptors (Lipinski definition) is 5. The first kappa shape index (κ1) is 20.0. The smallest absolute Gasteiger partial charge is 0.274 e. The fraction of sp³-hybridized carbons (Fsp3) is 0.0455. The van der Waals surface area contributed by atoms with Crippen LogP contribution in [-0.4, -0.2) is 4.57 Å². The summed E-state index contributed by atoms with van der Waals surface area (Å²) in [6, 6.07) is 18.3. The van der Waals surface area contributed by atoms with Gasteiger partial charge < -0.3 is 5.73 Å². The van der Waals surface area contributed by atoms with E-state index in [1.165, 1.54) is 4.57 Å². The fourth-order valence-electron chi connectivity index (χ4n) is 3.41. The van der Waals surface area contributed by atoms with Crippen LogP contribution in [0.25, 0.3) is 17.5 Å². The minimum atomic E-state index is -0.750. The molecule has 0 spiro atoms. The topological polar surface area (TPSA) is 95.6 Å². The molecule has 0 radical (unpaired) electrons. The normalized spacial score (nSPS) is 16.2. The Bertz CT molecular complexity index is 1480. The highest BCUT2D eigenvalue weighted by Gasteiger charge is 2.33. The van der Waals surface area contributed by atoms with Crippen LogP contribution in [0.3, 0.4) is 0 Å². The highest BCUT2D eigenvalue weighted by molar-refractivity contribution is 7.07. The third-order valence-corrected chi connectivity index (χ3v) is 6.59. The molecule has 2 N–H and O–H groups in total. The van der Waals surface area contributed by atoms with Crippen LogP contribution in [0.2, 0.25) is 10.0 Å². The molecule has 0 saturated heterocycles. The van der Waals surface area contributed by atoms with Crippen molar-refractivity contribution in [1.82, 2.24) is 4.57 Å². The van der Waals surface area contributed by atoms with E-state index < -0.39 is 11.5 Å². The van der Waals surface area contributed by atoms with Crippen LogP contribution < -0.4 is 20.5 Å². The Morgan fingerprint density at radius 1 is 1.00 bits per heavy atom. The quantitative estimate of drug-likeness (QED) is 0.648. The minimum absolute atomic E-state index is 0.00326. The number of hydrogen-bond donors (Lipinski definition) is 1. The summed E-state index contributed by atoms with van der Waals surface area (Å²) in [6.07, 6.45) is 1.65. The van der Waals surface area contributed by atoms with E-state index in [4.69, 9.17) is 28.9 Å². The maximum absolute atomic E-state index is 13.1. The summed E-state index contributed by atoms with van der Waals surface area (Å²) in [5.74, 6) is -0.753. The molecular formula is C22H12Cl2N4OS. The molecule has 3 aromatic rings. The lowest BCUT2D eigenvalue weighted by molar-refractivity contribution is 0.906. The lowest BCUT2D eigenvalue weighted by Crippen LogP contribution is -2.38. The first-order valence-corrected chi connectivity index (χ1v) is 10.3. The minimum Gasteiger partial charge on any atom is -0.384 e. The first-order valence-electron chi connectivity index (χ1n) is 8.75. The summed E-state index contributed by atoms with van der Waals surface area (Å²) in [7, 11) is 0. The Morgan fingerprint density at radius 2 is 1.63 bits per heavy atom. The summed E-state index contributed by atoms with van der Waals surface area (Å²) in [5.41, 5.74) is 7.44. The highest BCUT2D eigenvalue weighted by Crippen LogP contribution is 2.38. The first-order chi connectivity index (χ1) is 14.5. The molecule has 0 aliphatic carbocycles. The number of nitrogens with two attached hydrogens (primary N) is 1. The van der Waals surface area contributed by atoms with Gasteiger partial charge in [0.15, 0.2) is 0 Å². The van der Waals surface area contributed by atoms with Crippen LogP contribution in [0, 0.1) is 22.7 Å². The van der Waals surface area contributed by atoms with Crippen molar-refractivity contribution in [2.45, 2.75) is 5.92 Å². The lowest BCUT2D eigenvalue weighted by Gasteiger charge is -2.22. The summed E-state index contributed by atoms with van der Waals surface area (Å²) in [4.78, 5) is 13.1. The lowest BCUT2D eigenvalue weighted by atomic mass is 9.84. The zero-order chi connectivity index (χ0) is 21.4. The SMILES string of the molecule is N#CC1=C(N)n2c(s/c(=C\c3ccccc3Cl)c2=O)=C(C#N)[C@@H]1c1ccccc1Cl. The number of nitriles is 2. The van der Waals surface area contributed by atoms with Gasteiger partial charge in [0.2, 0.25) is 0 Å². The molecule has 0 saturated carbocycles. The standard InChI is InChI=1S/C22H12Cl2N4OS/c23-16-7-3-1-5-12(16)9-18-21(29)28-20(27)14(10-25)19(15(11-26)22(28)30-18)13-6-2-4-8-17(13)24/h1-9,19H,27H2/b18-9-/t19-/m1/s1. The fourth-order valence-corrected chi connectivity index (χ4v) is 4.96. The van der Waals surface area contributed by atoms with E-state index >= 15 is 0 Å². The average molecular weight is 451 g/mol. The molecule has 1 atom stereocenters. The summed E-state index contributed by atoms with van der Waals surface area (Å²) < 4.78 is 1.95. The molecule has 0 amide bonds. The van der Waals surface area contributed by atoms with Gasteiger partial charge in [0.1, 0.15) is 10.5 Å². The van der Waals surface area contributed by atoms with Gasteiger partial charge in [0.25, 0.3) is 5.56 Å². The Morgan fingerprint density at radius 3 is 2.27 bits per heavy atom. The number of nitrogens with zero attached hydrogens (tertiary/aromatic N) is 3. The number of fused-ring (bicyclic) bond motifs is 1. The molecule has 30 heavy (non-hydrogen) atoms. The third kappa shape index (κ3) is 3.12. The monoisotopic (exact) mass is 450 g/mol. The van der Waals surface area contributed by atoms with Gasteiger partial charge in [0.05, 0.1) is 33.7 Å². The molecular weight excluding hydrogens is 439 g/mol. The Labute approximate surface area is 185 Å². The van der Waals surface area contributed by atoms with Gasteiger partial charge in [-0.05, 0) is 29.3 Å². The van der Waals surface area contributed by atoms with E-state index in [9.17, 15) is 15.3 Å². The van der Waals surface area contributed by atoms with Crippen molar-refractivity contribution in [3.8, 4) is 12.1 Å². The van der Waals surface area contributed by atoms with Gasteiger partial charge in [-0.3, -0.25) is 9.36 Å². The zero-order valence-electron chi connectivity index (χ0n) is 15.3. The van der Waals surface area contributed by atoms with E-state index in [2.05, 4.69) is 12.1 Å².